The zero-order valence-electron chi connectivity index (χ0n) is 12.3. The summed E-state index contributed by atoms with van der Waals surface area (Å²) in [6.07, 6.45) is 1.56. The molecule has 0 aromatic heterocycles. The summed E-state index contributed by atoms with van der Waals surface area (Å²) in [6, 6.07) is 2.25. The van der Waals surface area contributed by atoms with E-state index in [0.717, 1.165) is 19.2 Å². The highest BCUT2D eigenvalue weighted by atomic mass is 32.2. The van der Waals surface area contributed by atoms with Gasteiger partial charge >= 0.3 is 0 Å². The van der Waals surface area contributed by atoms with Crippen molar-refractivity contribution < 1.29 is 18.1 Å². The van der Waals surface area contributed by atoms with Crippen molar-refractivity contribution in [2.24, 2.45) is 0 Å². The summed E-state index contributed by atoms with van der Waals surface area (Å²) < 4.78 is 43.9. The number of ether oxygens (including phenoxy) is 1. The topological polar surface area (TPSA) is 38.8 Å². The van der Waals surface area contributed by atoms with Crippen molar-refractivity contribution in [3.8, 4) is 5.75 Å². The van der Waals surface area contributed by atoms with E-state index in [1.54, 1.807) is 6.26 Å². The van der Waals surface area contributed by atoms with Gasteiger partial charge in [0.25, 0.3) is 0 Å². The highest BCUT2D eigenvalue weighted by Gasteiger charge is 2.20. The molecule has 4 nitrogen and oxygen atoms in total. The Morgan fingerprint density at radius 2 is 1.86 bits per heavy atom. The van der Waals surface area contributed by atoms with Gasteiger partial charge in [0.2, 0.25) is 0 Å². The molecule has 1 heterocycles. The van der Waals surface area contributed by atoms with E-state index in [1.165, 1.54) is 6.07 Å². The molecule has 0 aliphatic carbocycles. The van der Waals surface area contributed by atoms with E-state index in [-0.39, 0.29) is 12.4 Å². The van der Waals surface area contributed by atoms with Gasteiger partial charge in [0.15, 0.2) is 11.6 Å². The maximum atomic E-state index is 14.0. The van der Waals surface area contributed by atoms with Gasteiger partial charge in [-0.15, -0.1) is 0 Å². The van der Waals surface area contributed by atoms with Gasteiger partial charge < -0.3 is 19.1 Å². The van der Waals surface area contributed by atoms with E-state index in [1.807, 2.05) is 11.9 Å². The normalized spacial score (nSPS) is 17.9. The van der Waals surface area contributed by atoms with E-state index in [4.69, 9.17) is 4.74 Å². The zero-order chi connectivity index (χ0) is 15.4. The fourth-order valence-corrected chi connectivity index (χ4v) is 2.51. The fourth-order valence-electron chi connectivity index (χ4n) is 2.19. The lowest BCUT2D eigenvalue weighted by atomic mass is 10.2. The third-order valence-electron chi connectivity index (χ3n) is 3.47. The molecule has 0 radical (unpaired) electrons. The first-order valence-electron chi connectivity index (χ1n) is 6.82. The van der Waals surface area contributed by atoms with Crippen LogP contribution in [-0.2, 0) is 11.2 Å². The number of piperazine rings is 1. The van der Waals surface area contributed by atoms with Crippen LogP contribution in [0.15, 0.2) is 12.1 Å². The van der Waals surface area contributed by atoms with Crippen molar-refractivity contribution in [3.05, 3.63) is 23.8 Å². The first kappa shape index (κ1) is 16.3. The molecule has 7 heteroatoms. The SMILES string of the molecule is CN1CCN(c2cc(OCC[S+](C)[O-])c(F)cc2F)CC1. The van der Waals surface area contributed by atoms with Crippen LogP contribution in [-0.4, -0.2) is 61.3 Å². The molecule has 0 saturated carbocycles. The first-order valence-corrected chi connectivity index (χ1v) is 8.55. The second kappa shape index (κ2) is 7.29. The van der Waals surface area contributed by atoms with Crippen molar-refractivity contribution in [2.45, 2.75) is 0 Å². The van der Waals surface area contributed by atoms with Crippen LogP contribution >= 0.6 is 0 Å². The van der Waals surface area contributed by atoms with Gasteiger partial charge in [-0.3, -0.25) is 0 Å². The highest BCUT2D eigenvalue weighted by Crippen LogP contribution is 2.28. The Balaban J connectivity index is 2.10. The molecule has 1 aliphatic rings. The first-order chi connectivity index (χ1) is 9.97. The minimum Gasteiger partial charge on any atom is -0.616 e. The van der Waals surface area contributed by atoms with E-state index in [0.29, 0.717) is 24.5 Å². The summed E-state index contributed by atoms with van der Waals surface area (Å²) >= 11 is -1.00. The average molecular weight is 318 g/mol. The third kappa shape index (κ3) is 4.46. The summed E-state index contributed by atoms with van der Waals surface area (Å²) in [7, 11) is 2.01. The van der Waals surface area contributed by atoms with Crippen molar-refractivity contribution in [3.63, 3.8) is 0 Å². The van der Waals surface area contributed by atoms with Crippen LogP contribution in [0.5, 0.6) is 5.75 Å². The van der Waals surface area contributed by atoms with Gasteiger partial charge in [0, 0.05) is 38.3 Å². The van der Waals surface area contributed by atoms with Gasteiger partial charge in [-0.25, -0.2) is 8.78 Å². The number of benzene rings is 1. The van der Waals surface area contributed by atoms with Crippen molar-refractivity contribution in [2.75, 3.05) is 56.7 Å². The minimum absolute atomic E-state index is 0.00998. The molecule has 1 aliphatic heterocycles. The predicted octanol–water partition coefficient (Wildman–Crippen LogP) is 1.47. The van der Waals surface area contributed by atoms with Gasteiger partial charge in [0.05, 0.1) is 11.9 Å². The molecule has 0 N–H and O–H groups in total. The van der Waals surface area contributed by atoms with E-state index in [2.05, 4.69) is 4.90 Å². The van der Waals surface area contributed by atoms with Crippen LogP contribution in [0.25, 0.3) is 0 Å². The molecule has 2 rings (SSSR count). The number of hydrogen-bond acceptors (Lipinski definition) is 4. The monoisotopic (exact) mass is 318 g/mol. The number of halogens is 2. The molecule has 118 valence electrons. The number of rotatable bonds is 5. The van der Waals surface area contributed by atoms with Crippen LogP contribution in [0.3, 0.4) is 0 Å². The molecule has 1 aromatic rings. The Morgan fingerprint density at radius 1 is 1.19 bits per heavy atom. The van der Waals surface area contributed by atoms with E-state index >= 15 is 0 Å². The summed E-state index contributed by atoms with van der Waals surface area (Å²) in [5, 5.41) is 0. The summed E-state index contributed by atoms with van der Waals surface area (Å²) in [4.78, 5) is 4.05. The Labute approximate surface area is 126 Å². The standard InChI is InChI=1S/C14H20F2N2O2S/c1-17-3-5-18(6-4-17)13-10-14(12(16)9-11(13)15)20-7-8-21(2)19/h9-10H,3-8H2,1-2H3. The maximum Gasteiger partial charge on any atom is 0.168 e. The quantitative estimate of drug-likeness (QED) is 0.771. The van der Waals surface area contributed by atoms with Crippen LogP contribution in [0.1, 0.15) is 0 Å². The number of likely N-dealkylation sites (N-methyl/N-ethyl adjacent to an activating group) is 1. The summed E-state index contributed by atoms with van der Waals surface area (Å²) in [5.74, 6) is -0.979. The fraction of sp³-hybridized carbons (Fsp3) is 0.571. The Bertz CT molecular complexity index is 480. The van der Waals surface area contributed by atoms with Gasteiger partial charge in [-0.2, -0.15) is 0 Å². The van der Waals surface area contributed by atoms with Crippen molar-refractivity contribution >= 4 is 16.9 Å². The van der Waals surface area contributed by atoms with E-state index < -0.39 is 22.8 Å². The van der Waals surface area contributed by atoms with Crippen LogP contribution < -0.4 is 9.64 Å². The van der Waals surface area contributed by atoms with Crippen molar-refractivity contribution in [1.82, 2.24) is 4.90 Å². The molecule has 0 bridgehead atoms. The van der Waals surface area contributed by atoms with Crippen molar-refractivity contribution in [1.29, 1.82) is 0 Å². The third-order valence-corrected chi connectivity index (χ3v) is 4.22. The molecule has 21 heavy (non-hydrogen) atoms. The maximum absolute atomic E-state index is 14.0. The lowest BCUT2D eigenvalue weighted by molar-refractivity contribution is 0.309. The van der Waals surface area contributed by atoms with Crippen LogP contribution in [0, 0.1) is 11.6 Å². The molecule has 0 spiro atoms. The van der Waals surface area contributed by atoms with Gasteiger partial charge in [0.1, 0.15) is 18.2 Å². The molecule has 1 aromatic carbocycles. The predicted molar refractivity (Wildman–Crippen MR) is 80.5 cm³/mol. The molecule has 1 fully saturated rings. The zero-order valence-corrected chi connectivity index (χ0v) is 13.1. The molecule has 1 atom stereocenters. The molecule has 1 saturated heterocycles. The van der Waals surface area contributed by atoms with Gasteiger partial charge in [-0.1, -0.05) is 11.2 Å². The molecular formula is C14H20F2N2O2S. The summed E-state index contributed by atoms with van der Waals surface area (Å²) in [5.41, 5.74) is 0.358. The number of hydrogen-bond donors (Lipinski definition) is 0. The second-order valence-corrected chi connectivity index (χ2v) is 6.70. The van der Waals surface area contributed by atoms with Crippen LogP contribution in [0.4, 0.5) is 14.5 Å². The lowest BCUT2D eigenvalue weighted by Crippen LogP contribution is -2.44. The average Bonchev–Trinajstić information content (AvgIpc) is 2.42. The number of nitrogens with zero attached hydrogens (tertiary/aromatic N) is 2. The Kier molecular flexibility index (Phi) is 5.66. The highest BCUT2D eigenvalue weighted by molar-refractivity contribution is 7.90. The second-order valence-electron chi connectivity index (χ2n) is 5.15. The Hall–Kier alpha value is -1.05. The van der Waals surface area contributed by atoms with E-state index in [9.17, 15) is 13.3 Å². The molecule has 0 amide bonds. The minimum atomic E-state index is -1.00. The largest absolute Gasteiger partial charge is 0.616 e. The van der Waals surface area contributed by atoms with Crippen LogP contribution in [0.2, 0.25) is 0 Å². The molecule has 1 unspecified atom stereocenters. The molecular weight excluding hydrogens is 298 g/mol. The smallest absolute Gasteiger partial charge is 0.168 e. The lowest BCUT2D eigenvalue weighted by Gasteiger charge is -2.34. The number of anilines is 1. The summed E-state index contributed by atoms with van der Waals surface area (Å²) in [6.45, 7) is 3.20. The van der Waals surface area contributed by atoms with Gasteiger partial charge in [-0.05, 0) is 7.05 Å². The Morgan fingerprint density at radius 3 is 2.48 bits per heavy atom.